The van der Waals surface area contributed by atoms with Gasteiger partial charge in [-0.1, -0.05) is 96.1 Å². The van der Waals surface area contributed by atoms with Gasteiger partial charge in [-0.2, -0.15) is 4.98 Å². The van der Waals surface area contributed by atoms with Gasteiger partial charge >= 0.3 is 12.0 Å². The predicted octanol–water partition coefficient (Wildman–Crippen LogP) is 6.94. The normalized spacial score (nSPS) is 21.1. The monoisotopic (exact) mass is 581 g/mol. The van der Waals surface area contributed by atoms with Crippen LogP contribution in [0.15, 0.2) is 24.4 Å². The number of rotatable bonds is 21. The zero-order valence-corrected chi connectivity index (χ0v) is 25.3. The summed E-state index contributed by atoms with van der Waals surface area (Å²) in [5, 5.41) is 17.4. The van der Waals surface area contributed by atoms with Crippen LogP contribution in [0.1, 0.15) is 129 Å². The Morgan fingerprint density at radius 3 is 2.15 bits per heavy atom. The number of unbranched alkanes of at least 4 members (excludes halogenated alkanes) is 15. The van der Waals surface area contributed by atoms with Crippen molar-refractivity contribution in [2.75, 3.05) is 6.61 Å². The van der Waals surface area contributed by atoms with Gasteiger partial charge in [0.25, 0.3) is 0 Å². The van der Waals surface area contributed by atoms with Gasteiger partial charge in [-0.25, -0.2) is 0 Å². The number of carbonyl (C=O) groups excluding carboxylic acids is 1. The van der Waals surface area contributed by atoms with Gasteiger partial charge in [0.2, 0.25) is 0 Å². The average Bonchev–Trinajstić information content (AvgIpc) is 3.45. The second-order valence-corrected chi connectivity index (χ2v) is 11.0. The van der Waals surface area contributed by atoms with Gasteiger partial charge in [-0.05, 0) is 38.2 Å². The number of ether oxygens (including phenoxy) is 3. The molecule has 2 aliphatic heterocycles. The highest BCUT2D eigenvalue weighted by atomic mass is 35.5. The van der Waals surface area contributed by atoms with Crippen LogP contribution >= 0.6 is 12.4 Å². The fraction of sp³-hybridized carbons (Fsp3) is 0.774. The summed E-state index contributed by atoms with van der Waals surface area (Å²) in [6, 6.07) is 1.81. The second-order valence-electron chi connectivity index (χ2n) is 11.0. The van der Waals surface area contributed by atoms with Crippen molar-refractivity contribution in [3.8, 4) is 6.01 Å². The van der Waals surface area contributed by atoms with E-state index in [9.17, 15) is 9.90 Å². The molecule has 9 heteroatoms. The first-order valence-electron chi connectivity index (χ1n) is 15.5. The Morgan fingerprint density at radius 1 is 0.975 bits per heavy atom. The van der Waals surface area contributed by atoms with E-state index in [4.69, 9.17) is 19.6 Å². The molecule has 1 aromatic heterocycles. The van der Waals surface area contributed by atoms with E-state index in [0.717, 1.165) is 19.3 Å². The van der Waals surface area contributed by atoms with Gasteiger partial charge in [-0.3, -0.25) is 14.8 Å². The van der Waals surface area contributed by atoms with Crippen molar-refractivity contribution in [2.45, 2.75) is 147 Å². The van der Waals surface area contributed by atoms with E-state index in [1.165, 1.54) is 89.9 Å². The minimum absolute atomic E-state index is 0. The van der Waals surface area contributed by atoms with Crippen molar-refractivity contribution >= 4 is 18.4 Å². The second kappa shape index (κ2) is 20.1. The summed E-state index contributed by atoms with van der Waals surface area (Å²) < 4.78 is 19.0. The number of hydrogen-bond donors (Lipinski definition) is 2. The molecule has 0 aromatic carbocycles. The number of allylic oxidation sites excluding steroid dienone is 2. The van der Waals surface area contributed by atoms with E-state index in [2.05, 4.69) is 24.1 Å². The number of aromatic nitrogens is 2. The van der Waals surface area contributed by atoms with Gasteiger partial charge < -0.3 is 19.3 Å². The SMILES string of the molecule is CCCCCCCC/C=C\CCCCCCCCCCCC(=O)O[C@H]1[C@@H]2Oc3nc(=N)ccn3[C@@H]2O[C@@H]1CO.Cl. The maximum absolute atomic E-state index is 12.5. The van der Waals surface area contributed by atoms with Crippen LogP contribution in [-0.2, 0) is 14.3 Å². The minimum Gasteiger partial charge on any atom is -0.455 e. The molecule has 0 amide bonds. The third-order valence-electron chi connectivity index (χ3n) is 7.72. The number of esters is 1. The largest absolute Gasteiger partial charge is 0.455 e. The molecular weight excluding hydrogens is 530 g/mol. The smallest absolute Gasteiger partial charge is 0.306 e. The Kier molecular flexibility index (Phi) is 17.2. The Morgan fingerprint density at radius 2 is 1.55 bits per heavy atom. The molecule has 0 spiro atoms. The first kappa shape index (κ1) is 34.3. The van der Waals surface area contributed by atoms with E-state index in [1.807, 2.05) is 0 Å². The van der Waals surface area contributed by atoms with Crippen LogP contribution in [0.5, 0.6) is 6.01 Å². The molecule has 8 nitrogen and oxygen atoms in total. The Labute approximate surface area is 246 Å². The molecule has 1 saturated heterocycles. The van der Waals surface area contributed by atoms with E-state index >= 15 is 0 Å². The molecule has 0 radical (unpaired) electrons. The number of aliphatic hydroxyl groups excluding tert-OH is 1. The van der Waals surface area contributed by atoms with Crippen LogP contribution in [0.3, 0.4) is 0 Å². The summed E-state index contributed by atoms with van der Waals surface area (Å²) in [6.45, 7) is 2.01. The third kappa shape index (κ3) is 11.5. The molecule has 0 unspecified atom stereocenters. The fourth-order valence-electron chi connectivity index (χ4n) is 5.42. The maximum Gasteiger partial charge on any atom is 0.306 e. The molecule has 2 N–H and O–H groups in total. The van der Waals surface area contributed by atoms with Crippen molar-refractivity contribution in [3.63, 3.8) is 0 Å². The highest BCUT2D eigenvalue weighted by molar-refractivity contribution is 5.85. The topological polar surface area (TPSA) is 107 Å². The Balaban J connectivity index is 0.00000560. The predicted molar refractivity (Wildman–Crippen MR) is 159 cm³/mol. The highest BCUT2D eigenvalue weighted by Gasteiger charge is 2.53. The zero-order chi connectivity index (χ0) is 27.7. The van der Waals surface area contributed by atoms with Crippen LogP contribution in [0.2, 0.25) is 0 Å². The van der Waals surface area contributed by atoms with Crippen LogP contribution in [-0.4, -0.2) is 45.5 Å². The van der Waals surface area contributed by atoms with Crippen molar-refractivity contribution < 1.29 is 24.1 Å². The number of aliphatic hydroxyl groups is 1. The zero-order valence-electron chi connectivity index (χ0n) is 24.4. The molecule has 0 saturated carbocycles. The number of nitrogens with one attached hydrogen (secondary N) is 1. The third-order valence-corrected chi connectivity index (χ3v) is 7.72. The first-order valence-corrected chi connectivity index (χ1v) is 15.5. The Bertz CT molecular complexity index is 924. The maximum atomic E-state index is 12.5. The van der Waals surface area contributed by atoms with E-state index in [1.54, 1.807) is 16.8 Å². The molecule has 2 aliphatic rings. The molecule has 1 aromatic rings. The summed E-state index contributed by atoms with van der Waals surface area (Å²) >= 11 is 0. The number of halogens is 1. The lowest BCUT2D eigenvalue weighted by Gasteiger charge is -2.20. The van der Waals surface area contributed by atoms with Crippen LogP contribution in [0, 0.1) is 5.41 Å². The molecule has 3 rings (SSSR count). The standard InChI is InChI=1S/C31H51N3O5.ClH/c1-2-3-4-5-6-7-8-9-10-11-12-13-14-15-16-17-18-19-20-21-27(36)38-28-25(24-35)37-30-29(28)39-31-33-26(32)22-23-34(30)31;/h9-10,22-23,25,28-30,32,35H,2-8,11-21,24H2,1H3;1H/b10-9-,32-26?;/t25-,28-,29+,30-;/m1./s1. The Hall–Kier alpha value is -1.90. The van der Waals surface area contributed by atoms with E-state index in [0.29, 0.717) is 6.42 Å². The molecule has 0 aliphatic carbocycles. The molecule has 3 heterocycles. The van der Waals surface area contributed by atoms with Gasteiger partial charge in [0.05, 0.1) is 6.61 Å². The quantitative estimate of drug-likeness (QED) is 0.0924. The summed E-state index contributed by atoms with van der Waals surface area (Å²) in [5.74, 6) is -0.289. The summed E-state index contributed by atoms with van der Waals surface area (Å²) in [7, 11) is 0. The van der Waals surface area contributed by atoms with Crippen LogP contribution in [0.4, 0.5) is 0 Å². The molecule has 4 atom stereocenters. The lowest BCUT2D eigenvalue weighted by molar-refractivity contribution is -0.156. The molecule has 228 valence electrons. The van der Waals surface area contributed by atoms with Crippen LogP contribution in [0.25, 0.3) is 0 Å². The number of hydrogen-bond acceptors (Lipinski definition) is 7. The highest BCUT2D eigenvalue weighted by Crippen LogP contribution is 2.40. The summed E-state index contributed by atoms with van der Waals surface area (Å²) in [5.41, 5.74) is 0.0928. The summed E-state index contributed by atoms with van der Waals surface area (Å²) in [6.07, 6.45) is 25.8. The molecule has 40 heavy (non-hydrogen) atoms. The minimum atomic E-state index is -0.695. The lowest BCUT2D eigenvalue weighted by Crippen LogP contribution is -2.39. The van der Waals surface area contributed by atoms with E-state index in [-0.39, 0.29) is 36.5 Å². The van der Waals surface area contributed by atoms with Crippen LogP contribution < -0.4 is 10.2 Å². The molecular formula is C31H52ClN3O5. The number of fused-ring (bicyclic) bond motifs is 3. The van der Waals surface area contributed by atoms with E-state index < -0.39 is 24.5 Å². The average molecular weight is 582 g/mol. The van der Waals surface area contributed by atoms with Crippen molar-refractivity contribution in [1.29, 1.82) is 5.41 Å². The van der Waals surface area contributed by atoms with Gasteiger partial charge in [0, 0.05) is 12.6 Å². The number of nitrogens with zero attached hydrogens (tertiary/aromatic N) is 2. The molecule has 1 fully saturated rings. The fourth-order valence-corrected chi connectivity index (χ4v) is 5.42. The first-order chi connectivity index (χ1) is 19.1. The lowest BCUT2D eigenvalue weighted by atomic mass is 10.1. The van der Waals surface area contributed by atoms with Crippen molar-refractivity contribution in [2.24, 2.45) is 0 Å². The van der Waals surface area contributed by atoms with Gasteiger partial charge in [0.1, 0.15) is 6.10 Å². The van der Waals surface area contributed by atoms with Gasteiger partial charge in [-0.15, -0.1) is 12.4 Å². The van der Waals surface area contributed by atoms with Gasteiger partial charge in [0.15, 0.2) is 23.9 Å². The van der Waals surface area contributed by atoms with Crippen molar-refractivity contribution in [1.82, 2.24) is 9.55 Å². The van der Waals surface area contributed by atoms with Crippen molar-refractivity contribution in [3.05, 3.63) is 29.9 Å². The summed E-state index contributed by atoms with van der Waals surface area (Å²) in [4.78, 5) is 16.5. The molecule has 0 bridgehead atoms. The number of carbonyl (C=O) groups is 1.